The predicted molar refractivity (Wildman–Crippen MR) is 54.2 cm³/mol. The van der Waals surface area contributed by atoms with Crippen molar-refractivity contribution in [1.82, 2.24) is 0 Å². The fourth-order valence-electron chi connectivity index (χ4n) is 0.243. The van der Waals surface area contributed by atoms with E-state index >= 15 is 0 Å². The zero-order valence-corrected chi connectivity index (χ0v) is 8.98. The largest absolute Gasteiger partial charge is 0.121 e. The molecule has 3 heteroatoms. The highest BCUT2D eigenvalue weighted by Gasteiger charge is 2.17. The molecule has 0 nitrogen and oxygen atoms in total. The Morgan fingerprint density at radius 2 is 2.00 bits per heavy atom. The van der Waals surface area contributed by atoms with E-state index in [-0.39, 0.29) is 3.42 Å². The van der Waals surface area contributed by atoms with E-state index in [0.717, 1.165) is 4.20 Å². The standard InChI is InChI=1S/C5H9IS2/c1-5(2,6)4(7)8-3/h1-3H3. The van der Waals surface area contributed by atoms with Crippen LogP contribution in [0.15, 0.2) is 0 Å². The average molecular weight is 260 g/mol. The average Bonchev–Trinajstić information content (AvgIpc) is 1.62. The van der Waals surface area contributed by atoms with Crippen LogP contribution in [0.25, 0.3) is 0 Å². The van der Waals surface area contributed by atoms with Gasteiger partial charge in [-0.15, -0.1) is 11.8 Å². The topological polar surface area (TPSA) is 0 Å². The van der Waals surface area contributed by atoms with Crippen molar-refractivity contribution in [1.29, 1.82) is 0 Å². The molecule has 0 rings (SSSR count). The Morgan fingerprint density at radius 3 is 2.00 bits per heavy atom. The molecule has 0 aliphatic carbocycles. The molecule has 0 aromatic carbocycles. The van der Waals surface area contributed by atoms with Gasteiger partial charge in [-0.3, -0.25) is 0 Å². The van der Waals surface area contributed by atoms with E-state index in [9.17, 15) is 0 Å². The Kier molecular flexibility index (Phi) is 3.86. The lowest BCUT2D eigenvalue weighted by Crippen LogP contribution is -2.17. The highest BCUT2D eigenvalue weighted by Crippen LogP contribution is 2.24. The van der Waals surface area contributed by atoms with Crippen LogP contribution in [-0.2, 0) is 0 Å². The van der Waals surface area contributed by atoms with E-state index in [1.165, 1.54) is 0 Å². The minimum atomic E-state index is 0.173. The molecule has 0 atom stereocenters. The van der Waals surface area contributed by atoms with Crippen molar-refractivity contribution in [2.45, 2.75) is 17.3 Å². The van der Waals surface area contributed by atoms with Crippen LogP contribution in [0.2, 0.25) is 0 Å². The summed E-state index contributed by atoms with van der Waals surface area (Å²) >= 11 is 9.04. The molecule has 0 aliphatic heterocycles. The van der Waals surface area contributed by atoms with Crippen molar-refractivity contribution < 1.29 is 0 Å². The highest BCUT2D eigenvalue weighted by molar-refractivity contribution is 14.1. The van der Waals surface area contributed by atoms with Crippen molar-refractivity contribution in [2.24, 2.45) is 0 Å². The summed E-state index contributed by atoms with van der Waals surface area (Å²) in [5, 5.41) is 0. The second-order valence-electron chi connectivity index (χ2n) is 1.96. The van der Waals surface area contributed by atoms with E-state index in [0.29, 0.717) is 0 Å². The van der Waals surface area contributed by atoms with Gasteiger partial charge in [0.05, 0.1) is 7.62 Å². The van der Waals surface area contributed by atoms with Gasteiger partial charge in [0.1, 0.15) is 0 Å². The van der Waals surface area contributed by atoms with Crippen LogP contribution in [0.1, 0.15) is 13.8 Å². The van der Waals surface area contributed by atoms with Crippen LogP contribution in [0, 0.1) is 0 Å². The van der Waals surface area contributed by atoms with Crippen LogP contribution >= 0.6 is 46.6 Å². The number of alkyl halides is 1. The fraction of sp³-hybridized carbons (Fsp3) is 0.800. The van der Waals surface area contributed by atoms with Gasteiger partial charge in [-0.2, -0.15) is 0 Å². The van der Waals surface area contributed by atoms with Gasteiger partial charge in [-0.25, -0.2) is 0 Å². The molecule has 8 heavy (non-hydrogen) atoms. The second-order valence-corrected chi connectivity index (χ2v) is 6.14. The van der Waals surface area contributed by atoms with Gasteiger partial charge in [0, 0.05) is 0 Å². The zero-order chi connectivity index (χ0) is 6.78. The van der Waals surface area contributed by atoms with Crippen molar-refractivity contribution in [3.63, 3.8) is 0 Å². The summed E-state index contributed by atoms with van der Waals surface area (Å²) in [5.74, 6) is 0. The van der Waals surface area contributed by atoms with Crippen molar-refractivity contribution >= 4 is 50.8 Å². The van der Waals surface area contributed by atoms with Gasteiger partial charge < -0.3 is 0 Å². The first-order chi connectivity index (χ1) is 3.48. The molecule has 0 aromatic rings. The van der Waals surface area contributed by atoms with Crippen LogP contribution in [0.4, 0.5) is 0 Å². The molecule has 0 saturated carbocycles. The lowest BCUT2D eigenvalue weighted by molar-refractivity contribution is 1.03. The molecule has 0 radical (unpaired) electrons. The fourth-order valence-corrected chi connectivity index (χ4v) is 1.39. The molecular formula is C5H9IS2. The second kappa shape index (κ2) is 3.37. The molecule has 0 aliphatic rings. The summed E-state index contributed by atoms with van der Waals surface area (Å²) in [6.07, 6.45) is 2.02. The van der Waals surface area contributed by atoms with E-state index in [4.69, 9.17) is 12.2 Å². The van der Waals surface area contributed by atoms with Crippen LogP contribution in [0.5, 0.6) is 0 Å². The predicted octanol–water partition coefficient (Wildman–Crippen LogP) is 2.89. The molecule has 0 amide bonds. The minimum Gasteiger partial charge on any atom is -0.121 e. The number of thiocarbonyl (C=S) groups is 1. The first-order valence-corrected chi connectivity index (χ1v) is 4.97. The normalized spacial score (nSPS) is 11.5. The molecule has 0 N–H and O–H groups in total. The molecule has 0 saturated heterocycles. The van der Waals surface area contributed by atoms with Crippen LogP contribution in [0.3, 0.4) is 0 Å². The maximum absolute atomic E-state index is 5.05. The molecule has 0 aromatic heterocycles. The Balaban J connectivity index is 3.82. The third kappa shape index (κ3) is 3.25. The maximum Gasteiger partial charge on any atom is 0.0629 e. The Morgan fingerprint density at radius 1 is 1.62 bits per heavy atom. The van der Waals surface area contributed by atoms with Gasteiger partial charge >= 0.3 is 0 Å². The summed E-state index contributed by atoms with van der Waals surface area (Å²) < 4.78 is 1.24. The molecular weight excluding hydrogens is 251 g/mol. The minimum absolute atomic E-state index is 0.173. The maximum atomic E-state index is 5.05. The van der Waals surface area contributed by atoms with Crippen molar-refractivity contribution in [3.8, 4) is 0 Å². The number of thioether (sulfide) groups is 1. The summed E-state index contributed by atoms with van der Waals surface area (Å²) in [7, 11) is 0. The Hall–Kier alpha value is 1.17. The summed E-state index contributed by atoms with van der Waals surface area (Å²) in [6.45, 7) is 4.23. The van der Waals surface area contributed by atoms with E-state index in [1.807, 2.05) is 6.26 Å². The number of hydrogen-bond acceptors (Lipinski definition) is 2. The Bertz CT molecular complexity index is 93.1. The SMILES string of the molecule is CSC(=S)C(C)(C)I. The third-order valence-electron chi connectivity index (χ3n) is 0.671. The third-order valence-corrected chi connectivity index (χ3v) is 3.83. The molecule has 0 unspecified atom stereocenters. The summed E-state index contributed by atoms with van der Waals surface area (Å²) in [4.78, 5) is 0. The molecule has 0 heterocycles. The summed E-state index contributed by atoms with van der Waals surface area (Å²) in [6, 6.07) is 0. The van der Waals surface area contributed by atoms with Crippen molar-refractivity contribution in [3.05, 3.63) is 0 Å². The van der Waals surface area contributed by atoms with E-state index < -0.39 is 0 Å². The monoisotopic (exact) mass is 260 g/mol. The smallest absolute Gasteiger partial charge is 0.0629 e. The zero-order valence-electron chi connectivity index (χ0n) is 5.19. The van der Waals surface area contributed by atoms with Gasteiger partial charge in [-0.1, -0.05) is 34.8 Å². The van der Waals surface area contributed by atoms with Crippen LogP contribution < -0.4 is 0 Å². The number of rotatable bonds is 1. The number of hydrogen-bond donors (Lipinski definition) is 0. The van der Waals surface area contributed by atoms with E-state index in [1.54, 1.807) is 11.8 Å². The van der Waals surface area contributed by atoms with Crippen molar-refractivity contribution in [2.75, 3.05) is 6.26 Å². The number of halogens is 1. The van der Waals surface area contributed by atoms with Crippen LogP contribution in [-0.4, -0.2) is 13.9 Å². The van der Waals surface area contributed by atoms with E-state index in [2.05, 4.69) is 36.4 Å². The quantitative estimate of drug-likeness (QED) is 0.404. The lowest BCUT2D eigenvalue weighted by Gasteiger charge is -2.14. The van der Waals surface area contributed by atoms with Gasteiger partial charge in [-0.05, 0) is 20.1 Å². The van der Waals surface area contributed by atoms with Gasteiger partial charge in [0.2, 0.25) is 0 Å². The molecule has 48 valence electrons. The molecule has 0 spiro atoms. The first-order valence-electron chi connectivity index (χ1n) is 2.26. The van der Waals surface area contributed by atoms with Gasteiger partial charge in [0.15, 0.2) is 0 Å². The Labute approximate surface area is 73.9 Å². The molecule has 0 fully saturated rings. The van der Waals surface area contributed by atoms with Gasteiger partial charge in [0.25, 0.3) is 0 Å². The lowest BCUT2D eigenvalue weighted by atomic mass is 10.3. The highest BCUT2D eigenvalue weighted by atomic mass is 127. The molecule has 0 bridgehead atoms. The summed E-state index contributed by atoms with van der Waals surface area (Å²) in [5.41, 5.74) is 0. The first kappa shape index (κ1) is 9.17.